The summed E-state index contributed by atoms with van der Waals surface area (Å²) in [6, 6.07) is 7.59. The molecule has 3 rings (SSSR count). The van der Waals surface area contributed by atoms with Gasteiger partial charge in [0.2, 0.25) is 0 Å². The van der Waals surface area contributed by atoms with Crippen molar-refractivity contribution in [2.45, 2.75) is 6.54 Å². The van der Waals surface area contributed by atoms with Crippen molar-refractivity contribution in [1.82, 2.24) is 4.98 Å². The fourth-order valence-electron chi connectivity index (χ4n) is 2.39. The molecule has 2 heterocycles. The first-order valence-corrected chi connectivity index (χ1v) is 7.01. The molecule has 110 valence electrons. The van der Waals surface area contributed by atoms with Crippen LogP contribution in [0.2, 0.25) is 5.02 Å². The summed E-state index contributed by atoms with van der Waals surface area (Å²) in [6.07, 6.45) is 1.57. The van der Waals surface area contributed by atoms with Crippen LogP contribution >= 0.6 is 11.6 Å². The van der Waals surface area contributed by atoms with Crippen LogP contribution in [0, 0.1) is 0 Å². The Kier molecular flexibility index (Phi) is 3.75. The van der Waals surface area contributed by atoms with E-state index in [1.54, 1.807) is 19.4 Å². The maximum atomic E-state index is 6.24. The fourth-order valence-corrected chi connectivity index (χ4v) is 2.61. The highest BCUT2D eigenvalue weighted by atomic mass is 35.5. The van der Waals surface area contributed by atoms with Crippen LogP contribution in [0.4, 0.5) is 11.5 Å². The minimum atomic E-state index is 0.449. The van der Waals surface area contributed by atoms with Gasteiger partial charge in [-0.2, -0.15) is 0 Å². The number of nitrogens with two attached hydrogens (primary N) is 1. The third kappa shape index (κ3) is 2.83. The SMILES string of the molecule is COc1ccc2c(c1)CN(c1cc(N)ncc1Cl)CCO2. The second-order valence-corrected chi connectivity index (χ2v) is 5.21. The lowest BCUT2D eigenvalue weighted by Gasteiger charge is -2.23. The molecule has 0 unspecified atom stereocenters. The van der Waals surface area contributed by atoms with Crippen LogP contribution in [0.5, 0.6) is 11.5 Å². The van der Waals surface area contributed by atoms with Crippen LogP contribution in [0.3, 0.4) is 0 Å². The second-order valence-electron chi connectivity index (χ2n) is 4.80. The van der Waals surface area contributed by atoms with E-state index in [-0.39, 0.29) is 0 Å². The molecule has 1 aromatic heterocycles. The molecule has 21 heavy (non-hydrogen) atoms. The average molecular weight is 306 g/mol. The maximum absolute atomic E-state index is 6.24. The number of nitrogens with zero attached hydrogens (tertiary/aromatic N) is 2. The Morgan fingerprint density at radius 2 is 2.24 bits per heavy atom. The first-order valence-electron chi connectivity index (χ1n) is 6.63. The van der Waals surface area contributed by atoms with Crippen molar-refractivity contribution in [3.8, 4) is 11.5 Å². The molecule has 0 atom stereocenters. The molecule has 2 N–H and O–H groups in total. The first-order chi connectivity index (χ1) is 10.2. The zero-order valence-electron chi connectivity index (χ0n) is 11.7. The predicted octanol–water partition coefficient (Wildman–Crippen LogP) is 2.72. The third-order valence-electron chi connectivity index (χ3n) is 3.44. The molecule has 5 nitrogen and oxygen atoms in total. The Bertz CT molecular complexity index is 663. The lowest BCUT2D eigenvalue weighted by atomic mass is 10.1. The van der Waals surface area contributed by atoms with Gasteiger partial charge in [0.25, 0.3) is 0 Å². The van der Waals surface area contributed by atoms with Crippen molar-refractivity contribution in [2.24, 2.45) is 0 Å². The molecular weight excluding hydrogens is 290 g/mol. The molecule has 1 aliphatic rings. The van der Waals surface area contributed by atoms with E-state index >= 15 is 0 Å². The first kappa shape index (κ1) is 13.8. The van der Waals surface area contributed by atoms with E-state index in [2.05, 4.69) is 9.88 Å². The monoisotopic (exact) mass is 305 g/mol. The van der Waals surface area contributed by atoms with Crippen LogP contribution in [0.15, 0.2) is 30.5 Å². The Balaban J connectivity index is 1.96. The Hall–Kier alpha value is -2.14. The average Bonchev–Trinajstić information content (AvgIpc) is 2.71. The smallest absolute Gasteiger partial charge is 0.125 e. The number of pyridine rings is 1. The molecule has 0 spiro atoms. The standard InChI is InChI=1S/C15H16ClN3O2/c1-20-11-2-3-14-10(6-11)9-19(4-5-21-14)13-7-15(17)18-8-12(13)16/h2-3,6-8H,4-5,9H2,1H3,(H2,17,18). The van der Waals surface area contributed by atoms with Crippen molar-refractivity contribution in [3.63, 3.8) is 0 Å². The molecule has 0 amide bonds. The molecular formula is C15H16ClN3O2. The van der Waals surface area contributed by atoms with Crippen LogP contribution < -0.4 is 20.1 Å². The van der Waals surface area contributed by atoms with Gasteiger partial charge in [0.05, 0.1) is 24.4 Å². The Morgan fingerprint density at radius 1 is 1.38 bits per heavy atom. The van der Waals surface area contributed by atoms with Gasteiger partial charge in [-0.05, 0) is 18.2 Å². The van der Waals surface area contributed by atoms with Gasteiger partial charge in [-0.25, -0.2) is 4.98 Å². The number of hydrogen-bond donors (Lipinski definition) is 1. The van der Waals surface area contributed by atoms with E-state index in [0.717, 1.165) is 29.3 Å². The van der Waals surface area contributed by atoms with Crippen molar-refractivity contribution < 1.29 is 9.47 Å². The number of halogens is 1. The molecule has 6 heteroatoms. The maximum Gasteiger partial charge on any atom is 0.125 e. The number of aromatic nitrogens is 1. The highest BCUT2D eigenvalue weighted by molar-refractivity contribution is 6.33. The van der Waals surface area contributed by atoms with Crippen LogP contribution in [0.1, 0.15) is 5.56 Å². The van der Waals surface area contributed by atoms with E-state index in [1.165, 1.54) is 0 Å². The Morgan fingerprint density at radius 3 is 3.05 bits per heavy atom. The lowest BCUT2D eigenvalue weighted by molar-refractivity contribution is 0.331. The summed E-state index contributed by atoms with van der Waals surface area (Å²) in [5.74, 6) is 2.13. The lowest BCUT2D eigenvalue weighted by Crippen LogP contribution is -2.25. The second kappa shape index (κ2) is 5.69. The minimum absolute atomic E-state index is 0.449. The van der Waals surface area contributed by atoms with Gasteiger partial charge in [-0.3, -0.25) is 0 Å². The summed E-state index contributed by atoms with van der Waals surface area (Å²) in [7, 11) is 1.65. The number of ether oxygens (including phenoxy) is 2. The van der Waals surface area contributed by atoms with E-state index in [0.29, 0.717) is 24.0 Å². The number of nitrogen functional groups attached to an aromatic ring is 1. The third-order valence-corrected chi connectivity index (χ3v) is 3.74. The molecule has 1 aliphatic heterocycles. The summed E-state index contributed by atoms with van der Waals surface area (Å²) >= 11 is 6.24. The number of benzene rings is 1. The van der Waals surface area contributed by atoms with Crippen molar-refractivity contribution in [2.75, 3.05) is 30.9 Å². The minimum Gasteiger partial charge on any atom is -0.497 e. The van der Waals surface area contributed by atoms with Crippen molar-refractivity contribution in [1.29, 1.82) is 0 Å². The zero-order chi connectivity index (χ0) is 14.8. The number of hydrogen-bond acceptors (Lipinski definition) is 5. The number of rotatable bonds is 2. The molecule has 0 bridgehead atoms. The normalized spacial score (nSPS) is 14.1. The van der Waals surface area contributed by atoms with E-state index in [4.69, 9.17) is 26.8 Å². The molecule has 0 aliphatic carbocycles. The largest absolute Gasteiger partial charge is 0.497 e. The topological polar surface area (TPSA) is 60.6 Å². The van der Waals surface area contributed by atoms with Crippen molar-refractivity contribution >= 4 is 23.1 Å². The summed E-state index contributed by atoms with van der Waals surface area (Å²) < 4.78 is 11.1. The van der Waals surface area contributed by atoms with Gasteiger partial charge < -0.3 is 20.1 Å². The van der Waals surface area contributed by atoms with Gasteiger partial charge >= 0.3 is 0 Å². The summed E-state index contributed by atoms with van der Waals surface area (Å²) in [6.45, 7) is 1.98. The summed E-state index contributed by atoms with van der Waals surface area (Å²) in [5.41, 5.74) is 7.68. The van der Waals surface area contributed by atoms with E-state index in [1.807, 2.05) is 18.2 Å². The van der Waals surface area contributed by atoms with Gasteiger partial charge in [-0.1, -0.05) is 11.6 Å². The molecule has 0 radical (unpaired) electrons. The molecule has 0 fully saturated rings. The fraction of sp³-hybridized carbons (Fsp3) is 0.267. The summed E-state index contributed by atoms with van der Waals surface area (Å²) in [4.78, 5) is 6.13. The van der Waals surface area contributed by atoms with Crippen LogP contribution in [-0.2, 0) is 6.54 Å². The highest BCUT2D eigenvalue weighted by Crippen LogP contribution is 2.32. The molecule has 0 saturated carbocycles. The van der Waals surface area contributed by atoms with Gasteiger partial charge in [0, 0.05) is 24.4 Å². The quantitative estimate of drug-likeness (QED) is 0.924. The van der Waals surface area contributed by atoms with Gasteiger partial charge in [-0.15, -0.1) is 0 Å². The van der Waals surface area contributed by atoms with Gasteiger partial charge in [0.1, 0.15) is 23.9 Å². The van der Waals surface area contributed by atoms with E-state index < -0.39 is 0 Å². The Labute approximate surface area is 128 Å². The predicted molar refractivity (Wildman–Crippen MR) is 83.2 cm³/mol. The number of anilines is 2. The van der Waals surface area contributed by atoms with Crippen molar-refractivity contribution in [3.05, 3.63) is 41.0 Å². The highest BCUT2D eigenvalue weighted by Gasteiger charge is 2.18. The van der Waals surface area contributed by atoms with Crippen LogP contribution in [-0.4, -0.2) is 25.2 Å². The summed E-state index contributed by atoms with van der Waals surface area (Å²) in [5, 5.41) is 0.579. The van der Waals surface area contributed by atoms with Gasteiger partial charge in [0.15, 0.2) is 0 Å². The van der Waals surface area contributed by atoms with E-state index in [9.17, 15) is 0 Å². The molecule has 2 aromatic rings. The zero-order valence-corrected chi connectivity index (χ0v) is 12.4. The number of methoxy groups -OCH3 is 1. The number of fused-ring (bicyclic) bond motifs is 1. The molecule has 0 saturated heterocycles. The molecule has 1 aromatic carbocycles. The van der Waals surface area contributed by atoms with Crippen LogP contribution in [0.25, 0.3) is 0 Å².